The number of imidazole rings is 1. The SMILES string of the molecule is CC(C)=CC(=O)OCCCn1c(=O)c2c(ncn2C)n(C)c1=O. The van der Waals surface area contributed by atoms with E-state index in [1.165, 1.54) is 17.0 Å². The van der Waals surface area contributed by atoms with Crippen molar-refractivity contribution in [3.63, 3.8) is 0 Å². The van der Waals surface area contributed by atoms with Gasteiger partial charge in [0.15, 0.2) is 11.2 Å². The minimum atomic E-state index is -0.433. The van der Waals surface area contributed by atoms with Crippen LogP contribution in [-0.4, -0.2) is 31.3 Å². The second-order valence-electron chi connectivity index (χ2n) is 5.57. The first kappa shape index (κ1) is 16.7. The molecule has 2 heterocycles. The Balaban J connectivity index is 2.17. The Bertz CT molecular complexity index is 881. The minimum absolute atomic E-state index is 0.141. The zero-order valence-electron chi connectivity index (χ0n) is 13.7. The van der Waals surface area contributed by atoms with Crippen LogP contribution in [0.25, 0.3) is 11.2 Å². The summed E-state index contributed by atoms with van der Waals surface area (Å²) in [6.07, 6.45) is 3.27. The largest absolute Gasteiger partial charge is 0.462 e. The van der Waals surface area contributed by atoms with Crippen molar-refractivity contribution < 1.29 is 9.53 Å². The van der Waals surface area contributed by atoms with Gasteiger partial charge in [-0.3, -0.25) is 13.9 Å². The van der Waals surface area contributed by atoms with Crippen molar-refractivity contribution in [2.24, 2.45) is 14.1 Å². The normalized spacial score (nSPS) is 10.8. The molecule has 8 heteroatoms. The lowest BCUT2D eigenvalue weighted by molar-refractivity contribution is -0.137. The molecule has 0 bridgehead atoms. The molecule has 2 rings (SSSR count). The van der Waals surface area contributed by atoms with Gasteiger partial charge in [-0.15, -0.1) is 0 Å². The molecule has 0 aliphatic carbocycles. The number of carbonyl (C=O) groups excluding carboxylic acids is 1. The van der Waals surface area contributed by atoms with Crippen molar-refractivity contribution in [1.29, 1.82) is 0 Å². The van der Waals surface area contributed by atoms with Crippen molar-refractivity contribution in [2.75, 3.05) is 6.61 Å². The number of aromatic nitrogens is 4. The van der Waals surface area contributed by atoms with Crippen LogP contribution in [0, 0.1) is 0 Å². The van der Waals surface area contributed by atoms with E-state index >= 15 is 0 Å². The maximum Gasteiger partial charge on any atom is 0.332 e. The van der Waals surface area contributed by atoms with Crippen LogP contribution in [0.5, 0.6) is 0 Å². The number of allylic oxidation sites excluding steroid dienone is 1. The van der Waals surface area contributed by atoms with E-state index in [1.807, 2.05) is 0 Å². The average Bonchev–Trinajstić information content (AvgIpc) is 2.85. The topological polar surface area (TPSA) is 88.1 Å². The minimum Gasteiger partial charge on any atom is -0.462 e. The van der Waals surface area contributed by atoms with Crippen LogP contribution in [0.1, 0.15) is 20.3 Å². The van der Waals surface area contributed by atoms with Crippen LogP contribution in [0.4, 0.5) is 0 Å². The van der Waals surface area contributed by atoms with Crippen LogP contribution < -0.4 is 11.2 Å². The summed E-state index contributed by atoms with van der Waals surface area (Å²) >= 11 is 0. The summed E-state index contributed by atoms with van der Waals surface area (Å²) in [7, 11) is 3.27. The molecule has 0 spiro atoms. The van der Waals surface area contributed by atoms with Crippen LogP contribution in [-0.2, 0) is 30.2 Å². The fraction of sp³-hybridized carbons (Fsp3) is 0.467. The monoisotopic (exact) mass is 320 g/mol. The molecule has 2 aromatic rings. The fourth-order valence-corrected chi connectivity index (χ4v) is 2.27. The van der Waals surface area contributed by atoms with Gasteiger partial charge in [0.05, 0.1) is 12.9 Å². The quantitative estimate of drug-likeness (QED) is 0.450. The zero-order valence-corrected chi connectivity index (χ0v) is 13.7. The van der Waals surface area contributed by atoms with Crippen LogP contribution in [0.3, 0.4) is 0 Å². The molecule has 0 saturated carbocycles. The van der Waals surface area contributed by atoms with Gasteiger partial charge in [0.2, 0.25) is 0 Å². The van der Waals surface area contributed by atoms with E-state index in [0.29, 0.717) is 17.6 Å². The molecule has 0 amide bonds. The molecular weight excluding hydrogens is 300 g/mol. The summed E-state index contributed by atoms with van der Waals surface area (Å²) in [5, 5.41) is 0. The molecule has 0 fully saturated rings. The van der Waals surface area contributed by atoms with Gasteiger partial charge in [0, 0.05) is 26.7 Å². The van der Waals surface area contributed by atoms with Crippen molar-refractivity contribution >= 4 is 17.1 Å². The van der Waals surface area contributed by atoms with E-state index in [9.17, 15) is 14.4 Å². The second kappa shape index (κ2) is 6.64. The maximum absolute atomic E-state index is 12.4. The number of rotatable bonds is 5. The highest BCUT2D eigenvalue weighted by Gasteiger charge is 2.14. The number of hydrogen-bond donors (Lipinski definition) is 0. The summed E-state index contributed by atoms with van der Waals surface area (Å²) in [5.74, 6) is -0.424. The first-order valence-corrected chi connectivity index (χ1v) is 7.25. The maximum atomic E-state index is 12.4. The van der Waals surface area contributed by atoms with Gasteiger partial charge in [0.1, 0.15) is 0 Å². The van der Waals surface area contributed by atoms with Crippen molar-refractivity contribution in [1.82, 2.24) is 18.7 Å². The molecule has 0 atom stereocenters. The highest BCUT2D eigenvalue weighted by molar-refractivity contribution is 5.82. The molecule has 8 nitrogen and oxygen atoms in total. The summed E-state index contributed by atoms with van der Waals surface area (Å²) < 4.78 is 9.09. The smallest absolute Gasteiger partial charge is 0.332 e. The standard InChI is InChI=1S/C15H20N4O4/c1-10(2)8-11(20)23-7-5-6-19-14(21)12-13(16-9-17(12)3)18(4)15(19)22/h8-9H,5-7H2,1-4H3. The van der Waals surface area contributed by atoms with Gasteiger partial charge in [-0.1, -0.05) is 5.57 Å². The molecule has 2 aromatic heterocycles. The lowest BCUT2D eigenvalue weighted by Crippen LogP contribution is -2.39. The number of nitrogens with zero attached hydrogens (tertiary/aromatic N) is 4. The predicted molar refractivity (Wildman–Crippen MR) is 85.2 cm³/mol. The van der Waals surface area contributed by atoms with Gasteiger partial charge < -0.3 is 9.30 Å². The second-order valence-corrected chi connectivity index (χ2v) is 5.57. The average molecular weight is 320 g/mol. The van der Waals surface area contributed by atoms with Crippen molar-refractivity contribution in [3.05, 3.63) is 38.8 Å². The number of esters is 1. The van der Waals surface area contributed by atoms with Gasteiger partial charge in [-0.2, -0.15) is 0 Å². The van der Waals surface area contributed by atoms with Crippen LogP contribution in [0.2, 0.25) is 0 Å². The molecule has 0 aliphatic heterocycles. The van der Waals surface area contributed by atoms with Gasteiger partial charge in [-0.05, 0) is 20.3 Å². The third kappa shape index (κ3) is 3.41. The molecule has 124 valence electrons. The summed E-state index contributed by atoms with van der Waals surface area (Å²) in [5.41, 5.74) is 0.750. The van der Waals surface area contributed by atoms with E-state index < -0.39 is 17.2 Å². The third-order valence-electron chi connectivity index (χ3n) is 3.38. The van der Waals surface area contributed by atoms with E-state index in [4.69, 9.17) is 4.74 Å². The number of hydrogen-bond acceptors (Lipinski definition) is 5. The summed E-state index contributed by atoms with van der Waals surface area (Å²) in [6.45, 7) is 3.91. The molecule has 0 saturated heterocycles. The predicted octanol–water partition coefficient (Wildman–Crippen LogP) is 0.333. The summed E-state index contributed by atoms with van der Waals surface area (Å²) in [6, 6.07) is 0. The lowest BCUT2D eigenvalue weighted by atomic mass is 10.3. The van der Waals surface area contributed by atoms with E-state index in [1.54, 1.807) is 32.5 Å². The third-order valence-corrected chi connectivity index (χ3v) is 3.38. The Morgan fingerprint density at radius 3 is 2.65 bits per heavy atom. The first-order chi connectivity index (χ1) is 10.8. The Labute approximate surface area is 132 Å². The number of aryl methyl sites for hydroxylation is 2. The van der Waals surface area contributed by atoms with E-state index in [0.717, 1.165) is 10.1 Å². The lowest BCUT2D eigenvalue weighted by Gasteiger charge is -2.08. The van der Waals surface area contributed by atoms with Gasteiger partial charge in [0.25, 0.3) is 5.56 Å². The molecule has 0 radical (unpaired) electrons. The molecule has 0 N–H and O–H groups in total. The van der Waals surface area contributed by atoms with Gasteiger partial charge in [-0.25, -0.2) is 14.6 Å². The van der Waals surface area contributed by atoms with Crippen molar-refractivity contribution in [3.8, 4) is 0 Å². The number of fused-ring (bicyclic) bond motifs is 1. The van der Waals surface area contributed by atoms with E-state index in [2.05, 4.69) is 4.98 Å². The molecule has 0 aliphatic rings. The Morgan fingerprint density at radius 2 is 2.00 bits per heavy atom. The molecule has 0 unspecified atom stereocenters. The Hall–Kier alpha value is -2.64. The summed E-state index contributed by atoms with van der Waals surface area (Å²) in [4.78, 5) is 40.1. The highest BCUT2D eigenvalue weighted by Crippen LogP contribution is 2.03. The number of ether oxygens (including phenoxy) is 1. The molecule has 23 heavy (non-hydrogen) atoms. The van der Waals surface area contributed by atoms with Crippen LogP contribution in [0.15, 0.2) is 27.6 Å². The van der Waals surface area contributed by atoms with E-state index in [-0.39, 0.29) is 13.2 Å². The van der Waals surface area contributed by atoms with Crippen molar-refractivity contribution in [2.45, 2.75) is 26.8 Å². The first-order valence-electron chi connectivity index (χ1n) is 7.25. The molecular formula is C15H20N4O4. The number of carbonyl (C=O) groups is 1. The Kier molecular flexibility index (Phi) is 4.83. The highest BCUT2D eigenvalue weighted by atomic mass is 16.5. The Morgan fingerprint density at radius 1 is 1.30 bits per heavy atom. The zero-order chi connectivity index (χ0) is 17.1. The van der Waals surface area contributed by atoms with Gasteiger partial charge >= 0.3 is 11.7 Å². The van der Waals surface area contributed by atoms with Crippen LogP contribution >= 0.6 is 0 Å². The fourth-order valence-electron chi connectivity index (χ4n) is 2.27. The molecule has 0 aromatic carbocycles.